The zero-order valence-electron chi connectivity index (χ0n) is 10.9. The third kappa shape index (κ3) is 2.15. The summed E-state index contributed by atoms with van der Waals surface area (Å²) in [4.78, 5) is 0. The number of hydrogen-bond donors (Lipinski definition) is 1. The first-order valence-corrected chi connectivity index (χ1v) is 6.34. The van der Waals surface area contributed by atoms with E-state index >= 15 is 0 Å². The van der Waals surface area contributed by atoms with Crippen molar-refractivity contribution in [3.8, 4) is 0 Å². The lowest BCUT2D eigenvalue weighted by atomic mass is 9.95. The Kier molecular flexibility index (Phi) is 3.07. The van der Waals surface area contributed by atoms with E-state index < -0.39 is 0 Å². The minimum absolute atomic E-state index is 0.524. The quantitative estimate of drug-likeness (QED) is 0.813. The van der Waals surface area contributed by atoms with Gasteiger partial charge in [-0.1, -0.05) is 45.0 Å². The summed E-state index contributed by atoms with van der Waals surface area (Å²) in [5.41, 5.74) is 3.42. The summed E-state index contributed by atoms with van der Waals surface area (Å²) in [6, 6.07) is 9.55. The van der Waals surface area contributed by atoms with E-state index in [-0.39, 0.29) is 0 Å². The lowest BCUT2D eigenvalue weighted by molar-refractivity contribution is 0.441. The SMILES string of the molecule is CCc1cccc(C(NC)C2CC2(C)C)c1. The van der Waals surface area contributed by atoms with Crippen LogP contribution in [0.15, 0.2) is 24.3 Å². The lowest BCUT2D eigenvalue weighted by Gasteiger charge is -2.19. The molecule has 1 aliphatic carbocycles. The molecule has 1 fully saturated rings. The Morgan fingerprint density at radius 1 is 1.44 bits per heavy atom. The summed E-state index contributed by atoms with van der Waals surface area (Å²) in [5, 5.41) is 3.49. The summed E-state index contributed by atoms with van der Waals surface area (Å²) in [7, 11) is 2.08. The van der Waals surface area contributed by atoms with E-state index in [9.17, 15) is 0 Å². The van der Waals surface area contributed by atoms with E-state index in [0.29, 0.717) is 11.5 Å². The van der Waals surface area contributed by atoms with Crippen molar-refractivity contribution in [3.63, 3.8) is 0 Å². The van der Waals surface area contributed by atoms with Crippen molar-refractivity contribution < 1.29 is 0 Å². The molecular weight excluding hydrogens is 194 g/mol. The highest BCUT2D eigenvalue weighted by molar-refractivity contribution is 5.28. The first kappa shape index (κ1) is 11.7. The lowest BCUT2D eigenvalue weighted by Crippen LogP contribution is -2.20. The topological polar surface area (TPSA) is 12.0 Å². The molecular formula is C15H23N. The predicted molar refractivity (Wildman–Crippen MR) is 69.5 cm³/mol. The van der Waals surface area contributed by atoms with Crippen LogP contribution < -0.4 is 5.32 Å². The molecule has 0 amide bonds. The molecule has 0 radical (unpaired) electrons. The van der Waals surface area contributed by atoms with Crippen LogP contribution in [-0.2, 0) is 6.42 Å². The Hall–Kier alpha value is -0.820. The van der Waals surface area contributed by atoms with E-state index in [0.717, 1.165) is 12.3 Å². The maximum Gasteiger partial charge on any atom is 0.0351 e. The minimum Gasteiger partial charge on any atom is -0.313 e. The molecule has 1 nitrogen and oxygen atoms in total. The minimum atomic E-state index is 0.524. The van der Waals surface area contributed by atoms with Crippen molar-refractivity contribution in [2.75, 3.05) is 7.05 Å². The number of benzene rings is 1. The van der Waals surface area contributed by atoms with Crippen molar-refractivity contribution in [1.82, 2.24) is 5.32 Å². The molecule has 2 rings (SSSR count). The monoisotopic (exact) mass is 217 g/mol. The molecule has 1 heteroatoms. The van der Waals surface area contributed by atoms with Crippen LogP contribution in [0.1, 0.15) is 44.4 Å². The Morgan fingerprint density at radius 3 is 2.62 bits per heavy atom. The smallest absolute Gasteiger partial charge is 0.0351 e. The van der Waals surface area contributed by atoms with E-state index in [1.165, 1.54) is 17.5 Å². The standard InChI is InChI=1S/C15H23N/c1-5-11-7-6-8-12(9-11)14(16-4)13-10-15(13,2)3/h6-9,13-14,16H,5,10H2,1-4H3. The third-order valence-corrected chi connectivity index (χ3v) is 4.02. The molecule has 88 valence electrons. The molecule has 0 aromatic heterocycles. The Morgan fingerprint density at radius 2 is 2.12 bits per heavy atom. The van der Waals surface area contributed by atoms with Gasteiger partial charge in [0.2, 0.25) is 0 Å². The largest absolute Gasteiger partial charge is 0.313 e. The van der Waals surface area contributed by atoms with Gasteiger partial charge < -0.3 is 5.32 Å². The number of rotatable bonds is 4. The van der Waals surface area contributed by atoms with Gasteiger partial charge in [-0.2, -0.15) is 0 Å². The highest BCUT2D eigenvalue weighted by atomic mass is 14.9. The summed E-state index contributed by atoms with van der Waals surface area (Å²) >= 11 is 0. The van der Waals surface area contributed by atoms with Gasteiger partial charge >= 0.3 is 0 Å². The van der Waals surface area contributed by atoms with Gasteiger partial charge in [-0.15, -0.1) is 0 Å². The van der Waals surface area contributed by atoms with Gasteiger partial charge in [0.25, 0.3) is 0 Å². The van der Waals surface area contributed by atoms with Crippen molar-refractivity contribution in [3.05, 3.63) is 35.4 Å². The van der Waals surface area contributed by atoms with E-state index in [4.69, 9.17) is 0 Å². The number of nitrogens with one attached hydrogen (secondary N) is 1. The van der Waals surface area contributed by atoms with Crippen LogP contribution in [0, 0.1) is 11.3 Å². The van der Waals surface area contributed by atoms with Crippen LogP contribution in [-0.4, -0.2) is 7.05 Å². The zero-order chi connectivity index (χ0) is 11.8. The number of hydrogen-bond acceptors (Lipinski definition) is 1. The molecule has 1 N–H and O–H groups in total. The molecule has 0 bridgehead atoms. The molecule has 1 aromatic carbocycles. The molecule has 16 heavy (non-hydrogen) atoms. The van der Waals surface area contributed by atoms with Gasteiger partial charge in [0.15, 0.2) is 0 Å². The second kappa shape index (κ2) is 4.21. The maximum absolute atomic E-state index is 3.49. The van der Waals surface area contributed by atoms with Crippen molar-refractivity contribution in [2.24, 2.45) is 11.3 Å². The van der Waals surface area contributed by atoms with E-state index in [1.54, 1.807) is 0 Å². The summed E-state index contributed by atoms with van der Waals surface area (Å²) in [5.74, 6) is 0.796. The Labute approximate surface area is 99.3 Å². The molecule has 0 aliphatic heterocycles. The van der Waals surface area contributed by atoms with Crippen molar-refractivity contribution in [2.45, 2.75) is 39.7 Å². The molecule has 0 spiro atoms. The molecule has 1 saturated carbocycles. The van der Waals surface area contributed by atoms with Gasteiger partial charge in [0, 0.05) is 6.04 Å². The van der Waals surface area contributed by atoms with E-state index in [2.05, 4.69) is 57.4 Å². The summed E-state index contributed by atoms with van der Waals surface area (Å²) < 4.78 is 0. The molecule has 0 saturated heterocycles. The van der Waals surface area contributed by atoms with Gasteiger partial charge in [-0.05, 0) is 42.3 Å². The average Bonchev–Trinajstić information content (AvgIpc) is 2.89. The highest BCUT2D eigenvalue weighted by Gasteiger charge is 2.49. The molecule has 0 heterocycles. The molecule has 2 atom stereocenters. The first-order chi connectivity index (χ1) is 7.58. The first-order valence-electron chi connectivity index (χ1n) is 6.34. The second-order valence-electron chi connectivity index (χ2n) is 5.66. The fraction of sp³-hybridized carbons (Fsp3) is 0.600. The van der Waals surface area contributed by atoms with Crippen molar-refractivity contribution in [1.29, 1.82) is 0 Å². The van der Waals surface area contributed by atoms with Crippen LogP contribution in [0.2, 0.25) is 0 Å². The number of aryl methyl sites for hydroxylation is 1. The van der Waals surface area contributed by atoms with Crippen LogP contribution in [0.25, 0.3) is 0 Å². The Bertz CT molecular complexity index is 367. The van der Waals surface area contributed by atoms with Gasteiger partial charge in [-0.25, -0.2) is 0 Å². The van der Waals surface area contributed by atoms with E-state index in [1.807, 2.05) is 0 Å². The molecule has 1 aromatic rings. The maximum atomic E-state index is 3.49. The third-order valence-electron chi connectivity index (χ3n) is 4.02. The van der Waals surface area contributed by atoms with Gasteiger partial charge in [-0.3, -0.25) is 0 Å². The average molecular weight is 217 g/mol. The van der Waals surface area contributed by atoms with Crippen LogP contribution >= 0.6 is 0 Å². The second-order valence-corrected chi connectivity index (χ2v) is 5.66. The predicted octanol–water partition coefficient (Wildman–Crippen LogP) is 3.56. The molecule has 2 unspecified atom stereocenters. The summed E-state index contributed by atoms with van der Waals surface area (Å²) in [6.45, 7) is 6.95. The Balaban J connectivity index is 2.20. The van der Waals surface area contributed by atoms with Crippen LogP contribution in [0.3, 0.4) is 0 Å². The normalized spacial score (nSPS) is 24.1. The van der Waals surface area contributed by atoms with Gasteiger partial charge in [0.1, 0.15) is 0 Å². The van der Waals surface area contributed by atoms with Crippen LogP contribution in [0.5, 0.6) is 0 Å². The fourth-order valence-electron chi connectivity index (χ4n) is 2.68. The highest BCUT2D eigenvalue weighted by Crippen LogP contribution is 2.57. The molecule has 1 aliphatic rings. The van der Waals surface area contributed by atoms with Gasteiger partial charge in [0.05, 0.1) is 0 Å². The van der Waals surface area contributed by atoms with Crippen molar-refractivity contribution >= 4 is 0 Å². The fourth-order valence-corrected chi connectivity index (χ4v) is 2.68. The summed E-state index contributed by atoms with van der Waals surface area (Å²) in [6.07, 6.45) is 2.47. The zero-order valence-corrected chi connectivity index (χ0v) is 10.9. The van der Waals surface area contributed by atoms with Crippen LogP contribution in [0.4, 0.5) is 0 Å².